The van der Waals surface area contributed by atoms with Gasteiger partial charge in [-0.25, -0.2) is 19.2 Å². The Bertz CT molecular complexity index is 1230. The second-order valence-electron chi connectivity index (χ2n) is 7.97. The lowest BCUT2D eigenvalue weighted by Crippen LogP contribution is -2.46. The quantitative estimate of drug-likeness (QED) is 0.365. The molecule has 0 spiro atoms. The van der Waals surface area contributed by atoms with Crippen LogP contribution in [0.3, 0.4) is 0 Å². The fourth-order valence-electron chi connectivity index (χ4n) is 3.41. The van der Waals surface area contributed by atoms with Gasteiger partial charge in [0.1, 0.15) is 19.0 Å². The van der Waals surface area contributed by atoms with Crippen molar-refractivity contribution >= 4 is 24.1 Å². The fourth-order valence-corrected chi connectivity index (χ4v) is 3.41. The molecule has 1 atom stereocenters. The normalized spacial score (nSPS) is 14.4. The van der Waals surface area contributed by atoms with Gasteiger partial charge in [0.2, 0.25) is 0 Å². The molecule has 0 saturated carbocycles. The average Bonchev–Trinajstić information content (AvgIpc) is 3.31. The number of carbonyl (C=O) groups excluding carboxylic acids is 4. The summed E-state index contributed by atoms with van der Waals surface area (Å²) in [6, 6.07) is 23.1. The SMILES string of the molecule is O=C(NC[C@H]1C(=O)OCN1C(=O)OCc1ccccc1)Oc1ccc(C(=O)OCc2ccccc2)cc1. The van der Waals surface area contributed by atoms with Crippen LogP contribution in [-0.4, -0.2) is 48.3 Å². The van der Waals surface area contributed by atoms with E-state index in [-0.39, 0.29) is 32.2 Å². The zero-order valence-corrected chi connectivity index (χ0v) is 19.7. The molecule has 1 fully saturated rings. The Hall–Kier alpha value is -4.86. The van der Waals surface area contributed by atoms with Gasteiger partial charge >= 0.3 is 24.1 Å². The topological polar surface area (TPSA) is 120 Å². The zero-order chi connectivity index (χ0) is 26.0. The summed E-state index contributed by atoms with van der Waals surface area (Å²) in [4.78, 5) is 50.0. The van der Waals surface area contributed by atoms with Gasteiger partial charge in [0.15, 0.2) is 12.8 Å². The highest BCUT2D eigenvalue weighted by Crippen LogP contribution is 2.16. The van der Waals surface area contributed by atoms with Crippen molar-refractivity contribution in [3.63, 3.8) is 0 Å². The minimum Gasteiger partial charge on any atom is -0.457 e. The maximum atomic E-state index is 12.4. The maximum Gasteiger partial charge on any atom is 0.413 e. The molecular weight excluding hydrogens is 480 g/mol. The van der Waals surface area contributed by atoms with Crippen LogP contribution >= 0.6 is 0 Å². The van der Waals surface area contributed by atoms with Crippen molar-refractivity contribution in [3.8, 4) is 5.75 Å². The molecule has 190 valence electrons. The lowest BCUT2D eigenvalue weighted by molar-refractivity contribution is -0.139. The molecule has 0 aromatic heterocycles. The molecule has 10 heteroatoms. The van der Waals surface area contributed by atoms with E-state index in [1.54, 1.807) is 12.1 Å². The van der Waals surface area contributed by atoms with E-state index in [2.05, 4.69) is 5.32 Å². The first-order chi connectivity index (χ1) is 18.0. The Kier molecular flexibility index (Phi) is 8.33. The number of benzene rings is 3. The zero-order valence-electron chi connectivity index (χ0n) is 19.7. The second-order valence-corrected chi connectivity index (χ2v) is 7.97. The van der Waals surface area contributed by atoms with Gasteiger partial charge in [-0.15, -0.1) is 0 Å². The number of cyclic esters (lactones) is 1. The smallest absolute Gasteiger partial charge is 0.413 e. The number of amides is 2. The molecule has 0 bridgehead atoms. The largest absolute Gasteiger partial charge is 0.457 e. The van der Waals surface area contributed by atoms with Gasteiger partial charge in [0.25, 0.3) is 0 Å². The first kappa shape index (κ1) is 25.2. The van der Waals surface area contributed by atoms with E-state index in [0.717, 1.165) is 16.0 Å². The van der Waals surface area contributed by atoms with E-state index in [1.807, 2.05) is 48.5 Å². The van der Waals surface area contributed by atoms with Crippen molar-refractivity contribution in [2.75, 3.05) is 13.3 Å². The van der Waals surface area contributed by atoms with Crippen molar-refractivity contribution in [1.82, 2.24) is 10.2 Å². The van der Waals surface area contributed by atoms with Gasteiger partial charge in [-0.3, -0.25) is 4.90 Å². The third kappa shape index (κ3) is 7.07. The summed E-state index contributed by atoms with van der Waals surface area (Å²) in [7, 11) is 0. The Morgan fingerprint density at radius 1 is 0.838 bits per heavy atom. The molecule has 0 aliphatic carbocycles. The minimum absolute atomic E-state index is 0.0301. The minimum atomic E-state index is -1.06. The lowest BCUT2D eigenvalue weighted by Gasteiger charge is -2.20. The standard InChI is InChI=1S/C27H24N2O8/c30-24(34-16-19-7-3-1-4-8-19)21-11-13-22(14-12-21)37-26(32)28-15-23-25(31)36-18-29(23)27(33)35-17-20-9-5-2-6-10-20/h1-14,23H,15-18H2,(H,28,32)/t23-/m0/s1. The molecule has 3 aromatic rings. The molecule has 37 heavy (non-hydrogen) atoms. The van der Waals surface area contributed by atoms with Crippen LogP contribution in [-0.2, 0) is 32.2 Å². The monoisotopic (exact) mass is 504 g/mol. The Labute approximate surface area is 212 Å². The Balaban J connectivity index is 1.23. The van der Waals surface area contributed by atoms with Gasteiger partial charge in [0, 0.05) is 0 Å². The Morgan fingerprint density at radius 3 is 2.05 bits per heavy atom. The van der Waals surface area contributed by atoms with Crippen molar-refractivity contribution in [2.24, 2.45) is 0 Å². The van der Waals surface area contributed by atoms with Crippen molar-refractivity contribution in [2.45, 2.75) is 19.3 Å². The van der Waals surface area contributed by atoms with Crippen LogP contribution in [0, 0.1) is 0 Å². The van der Waals surface area contributed by atoms with Crippen LogP contribution in [0.15, 0.2) is 84.9 Å². The Morgan fingerprint density at radius 2 is 1.43 bits per heavy atom. The fraction of sp³-hybridized carbons (Fsp3) is 0.185. The highest BCUT2D eigenvalue weighted by atomic mass is 16.6. The molecule has 2 amide bonds. The summed E-state index contributed by atoms with van der Waals surface area (Å²) < 4.78 is 20.6. The van der Waals surface area contributed by atoms with Gasteiger partial charge < -0.3 is 24.3 Å². The van der Waals surface area contributed by atoms with Gasteiger partial charge in [-0.2, -0.15) is 0 Å². The van der Waals surface area contributed by atoms with E-state index in [0.29, 0.717) is 5.56 Å². The number of ether oxygens (including phenoxy) is 4. The molecule has 3 aromatic carbocycles. The number of esters is 2. The number of hydrogen-bond donors (Lipinski definition) is 1. The summed E-state index contributed by atoms with van der Waals surface area (Å²) in [5.41, 5.74) is 1.94. The highest BCUT2D eigenvalue weighted by Gasteiger charge is 2.39. The highest BCUT2D eigenvalue weighted by molar-refractivity contribution is 5.89. The van der Waals surface area contributed by atoms with Crippen molar-refractivity contribution in [3.05, 3.63) is 102 Å². The van der Waals surface area contributed by atoms with Crippen molar-refractivity contribution < 1.29 is 38.1 Å². The number of hydrogen-bond acceptors (Lipinski definition) is 8. The summed E-state index contributed by atoms with van der Waals surface area (Å²) in [5.74, 6) is -1.01. The van der Waals surface area contributed by atoms with Crippen LogP contribution < -0.4 is 10.1 Å². The molecule has 1 aliphatic rings. The second kappa shape index (κ2) is 12.2. The molecule has 0 radical (unpaired) electrons. The molecule has 4 rings (SSSR count). The van der Waals surface area contributed by atoms with E-state index >= 15 is 0 Å². The molecule has 1 heterocycles. The van der Waals surface area contributed by atoms with Crippen LogP contribution in [0.1, 0.15) is 21.5 Å². The van der Waals surface area contributed by atoms with Crippen LogP contribution in [0.25, 0.3) is 0 Å². The summed E-state index contributed by atoms with van der Waals surface area (Å²) >= 11 is 0. The number of carbonyl (C=O) groups is 4. The third-order valence-electron chi connectivity index (χ3n) is 5.39. The molecule has 10 nitrogen and oxygen atoms in total. The molecule has 1 saturated heterocycles. The van der Waals surface area contributed by atoms with E-state index in [9.17, 15) is 19.2 Å². The summed E-state index contributed by atoms with van der Waals surface area (Å²) in [6.45, 7) is -0.346. The first-order valence-electron chi connectivity index (χ1n) is 11.4. The van der Waals surface area contributed by atoms with Crippen molar-refractivity contribution in [1.29, 1.82) is 0 Å². The van der Waals surface area contributed by atoms with Gasteiger partial charge in [-0.1, -0.05) is 60.7 Å². The van der Waals surface area contributed by atoms with E-state index in [1.165, 1.54) is 24.3 Å². The predicted molar refractivity (Wildman–Crippen MR) is 129 cm³/mol. The first-order valence-corrected chi connectivity index (χ1v) is 11.4. The van der Waals surface area contributed by atoms with Gasteiger partial charge in [-0.05, 0) is 35.4 Å². The number of nitrogens with zero attached hydrogens (tertiary/aromatic N) is 1. The number of rotatable bonds is 8. The maximum absolute atomic E-state index is 12.4. The summed E-state index contributed by atoms with van der Waals surface area (Å²) in [6.07, 6.45) is -1.60. The molecule has 0 unspecified atom stereocenters. The average molecular weight is 504 g/mol. The molecule has 1 aliphatic heterocycles. The van der Waals surface area contributed by atoms with Crippen LogP contribution in [0.5, 0.6) is 5.75 Å². The lowest BCUT2D eigenvalue weighted by atomic mass is 10.2. The van der Waals surface area contributed by atoms with Crippen LogP contribution in [0.2, 0.25) is 0 Å². The third-order valence-corrected chi connectivity index (χ3v) is 5.39. The predicted octanol–water partition coefficient (Wildman–Crippen LogP) is 3.65. The van der Waals surface area contributed by atoms with E-state index < -0.39 is 30.2 Å². The van der Waals surface area contributed by atoms with Gasteiger partial charge in [0.05, 0.1) is 12.1 Å². The summed E-state index contributed by atoms with van der Waals surface area (Å²) in [5, 5.41) is 2.43. The number of nitrogens with one attached hydrogen (secondary N) is 1. The molecular formula is C27H24N2O8. The van der Waals surface area contributed by atoms with Crippen LogP contribution in [0.4, 0.5) is 9.59 Å². The van der Waals surface area contributed by atoms with E-state index in [4.69, 9.17) is 18.9 Å². The molecule has 1 N–H and O–H groups in total.